The van der Waals surface area contributed by atoms with E-state index in [0.29, 0.717) is 0 Å². The van der Waals surface area contributed by atoms with Gasteiger partial charge >= 0.3 is 0 Å². The maximum Gasteiger partial charge on any atom is 0.104 e. The Morgan fingerprint density at radius 1 is 1.44 bits per heavy atom. The molecule has 0 aromatic rings. The molecule has 52 valence electrons. The largest absolute Gasteiger partial charge is 0.247 e. The molecule has 0 aromatic heterocycles. The van der Waals surface area contributed by atoms with Gasteiger partial charge in [-0.25, -0.2) is 4.39 Å². The topological polar surface area (TPSA) is 0 Å². The van der Waals surface area contributed by atoms with Crippen LogP contribution in [0.4, 0.5) is 4.39 Å². The number of hydrogen-bond acceptors (Lipinski definition) is 0. The van der Waals surface area contributed by atoms with E-state index >= 15 is 0 Å². The molecule has 1 aliphatic rings. The fourth-order valence-corrected chi connectivity index (χ4v) is 1.24. The minimum Gasteiger partial charge on any atom is -0.247 e. The van der Waals surface area contributed by atoms with Gasteiger partial charge in [0.15, 0.2) is 0 Å². The van der Waals surface area contributed by atoms with E-state index in [9.17, 15) is 4.39 Å². The normalized spacial score (nSPS) is 26.0. The molecule has 2 radical (unpaired) electrons. The molecule has 9 heavy (non-hydrogen) atoms. The molecule has 1 rings (SSSR count). The molecule has 0 nitrogen and oxygen atoms in total. The van der Waals surface area contributed by atoms with Crippen molar-refractivity contribution in [3.05, 3.63) is 12.3 Å². The Balaban J connectivity index is 2.23. The summed E-state index contributed by atoms with van der Waals surface area (Å²) in [6, 6.07) is 0. The predicted octanol–water partition coefficient (Wildman–Crippen LogP) is 2.70. The summed E-state index contributed by atoms with van der Waals surface area (Å²) in [5.41, 5.74) is 0. The molecule has 0 spiro atoms. The summed E-state index contributed by atoms with van der Waals surface area (Å²) in [5.74, 6) is 1.11. The van der Waals surface area contributed by atoms with Crippen LogP contribution in [0.1, 0.15) is 32.6 Å². The van der Waals surface area contributed by atoms with Crippen LogP contribution in [0, 0.1) is 12.3 Å². The summed E-state index contributed by atoms with van der Waals surface area (Å²) in [6.45, 7) is 1.64. The monoisotopic (exact) mass is 128 g/mol. The third-order valence-corrected chi connectivity index (χ3v) is 1.90. The first-order valence-electron chi connectivity index (χ1n) is 3.61. The average Bonchev–Trinajstić information content (AvgIpc) is 1.90. The molecule has 1 saturated carbocycles. The van der Waals surface area contributed by atoms with Gasteiger partial charge in [-0.3, -0.25) is 0 Å². The first-order chi connectivity index (χ1) is 4.30. The van der Waals surface area contributed by atoms with E-state index in [4.69, 9.17) is 0 Å². The molecule has 1 heteroatoms. The van der Waals surface area contributed by atoms with Crippen molar-refractivity contribution >= 4 is 0 Å². The Kier molecular flexibility index (Phi) is 2.49. The maximum atomic E-state index is 12.5. The fourth-order valence-electron chi connectivity index (χ4n) is 1.24. The molecular weight excluding hydrogens is 115 g/mol. The predicted molar refractivity (Wildman–Crippen MR) is 36.6 cm³/mol. The van der Waals surface area contributed by atoms with Gasteiger partial charge in [-0.15, -0.1) is 0 Å². The lowest BCUT2D eigenvalue weighted by Gasteiger charge is -2.21. The second-order valence-electron chi connectivity index (χ2n) is 2.64. The van der Waals surface area contributed by atoms with Crippen molar-refractivity contribution in [3.8, 4) is 0 Å². The second-order valence-corrected chi connectivity index (χ2v) is 2.64. The van der Waals surface area contributed by atoms with Crippen LogP contribution in [0.3, 0.4) is 0 Å². The van der Waals surface area contributed by atoms with Gasteiger partial charge in [-0.2, -0.15) is 0 Å². The average molecular weight is 128 g/mol. The number of halogens is 1. The summed E-state index contributed by atoms with van der Waals surface area (Å²) < 4.78 is 12.5. The molecule has 1 unspecified atom stereocenters. The Bertz CT molecular complexity index is 72.6. The van der Waals surface area contributed by atoms with Gasteiger partial charge in [0, 0.05) is 5.92 Å². The van der Waals surface area contributed by atoms with Gasteiger partial charge in [0.2, 0.25) is 0 Å². The fraction of sp³-hybridized carbons (Fsp3) is 0.750. The third-order valence-electron chi connectivity index (χ3n) is 1.90. The number of alkyl halides is 1. The molecule has 0 bridgehead atoms. The molecule has 0 saturated heterocycles. The van der Waals surface area contributed by atoms with Crippen LogP contribution in [0.25, 0.3) is 0 Å². The second kappa shape index (κ2) is 3.19. The summed E-state index contributed by atoms with van der Waals surface area (Å²) in [5, 5.41) is 0. The van der Waals surface area contributed by atoms with Gasteiger partial charge in [-0.05, 0) is 39.0 Å². The first-order valence-corrected chi connectivity index (χ1v) is 3.61. The van der Waals surface area contributed by atoms with Crippen LogP contribution in [0.2, 0.25) is 0 Å². The Hall–Kier alpha value is -0.0700. The van der Waals surface area contributed by atoms with E-state index in [2.05, 4.69) is 6.42 Å². The van der Waals surface area contributed by atoms with Crippen LogP contribution < -0.4 is 0 Å². The van der Waals surface area contributed by atoms with Crippen molar-refractivity contribution in [1.82, 2.24) is 0 Å². The molecular formula is C8H13F. The molecule has 1 atom stereocenters. The van der Waals surface area contributed by atoms with Gasteiger partial charge in [0.25, 0.3) is 0 Å². The van der Waals surface area contributed by atoms with Gasteiger partial charge in [0.05, 0.1) is 0 Å². The first kappa shape index (κ1) is 7.04. The van der Waals surface area contributed by atoms with Crippen LogP contribution in [-0.2, 0) is 0 Å². The Morgan fingerprint density at radius 3 is 2.33 bits per heavy atom. The van der Waals surface area contributed by atoms with Crippen molar-refractivity contribution in [2.45, 2.75) is 38.8 Å². The van der Waals surface area contributed by atoms with E-state index in [1.807, 2.05) is 0 Å². The van der Waals surface area contributed by atoms with Crippen LogP contribution >= 0.6 is 0 Å². The maximum absolute atomic E-state index is 12.5. The Labute approximate surface area is 56.5 Å². The van der Waals surface area contributed by atoms with Gasteiger partial charge in [0.1, 0.15) is 6.17 Å². The quantitative estimate of drug-likeness (QED) is 0.509. The lowest BCUT2D eigenvalue weighted by atomic mass is 9.87. The molecule has 0 heterocycles. The standard InChI is InChI=1S/C8H13F/c1-7(9)8-5-3-2-4-6-8/h2,7H,3-6H2,1H3. The lowest BCUT2D eigenvalue weighted by molar-refractivity contribution is 0.337. The van der Waals surface area contributed by atoms with Crippen molar-refractivity contribution in [1.29, 1.82) is 0 Å². The number of rotatable bonds is 1. The van der Waals surface area contributed by atoms with Crippen molar-refractivity contribution in [3.63, 3.8) is 0 Å². The lowest BCUT2D eigenvalue weighted by Crippen LogP contribution is -2.13. The van der Waals surface area contributed by atoms with Gasteiger partial charge < -0.3 is 0 Å². The molecule has 1 aliphatic carbocycles. The highest BCUT2D eigenvalue weighted by Gasteiger charge is 2.19. The van der Waals surface area contributed by atoms with Crippen LogP contribution in [0.5, 0.6) is 0 Å². The minimum absolute atomic E-state index is 0.668. The summed E-state index contributed by atoms with van der Waals surface area (Å²) in [4.78, 5) is 0. The smallest absolute Gasteiger partial charge is 0.104 e. The van der Waals surface area contributed by atoms with Crippen molar-refractivity contribution in [2.75, 3.05) is 0 Å². The van der Waals surface area contributed by atoms with E-state index in [1.165, 1.54) is 0 Å². The highest BCUT2D eigenvalue weighted by molar-refractivity contribution is 5.00. The zero-order chi connectivity index (χ0) is 6.69. The Morgan fingerprint density at radius 2 is 2.00 bits per heavy atom. The molecule has 0 aromatic carbocycles. The molecule has 0 amide bonds. The van der Waals surface area contributed by atoms with E-state index in [-0.39, 0.29) is 0 Å². The highest BCUT2D eigenvalue weighted by atomic mass is 19.1. The van der Waals surface area contributed by atoms with E-state index in [1.54, 1.807) is 6.92 Å². The summed E-state index contributed by atoms with van der Waals surface area (Å²) in [6.07, 6.45) is 5.72. The highest BCUT2D eigenvalue weighted by Crippen LogP contribution is 2.28. The molecule has 0 aliphatic heterocycles. The molecule has 1 fully saturated rings. The minimum atomic E-state index is -0.668. The van der Waals surface area contributed by atoms with Crippen molar-refractivity contribution in [2.24, 2.45) is 0 Å². The SMILES string of the molecule is CC(F)[C]1CC[CH]CC1. The summed E-state index contributed by atoms with van der Waals surface area (Å²) >= 11 is 0. The number of hydrogen-bond donors (Lipinski definition) is 0. The summed E-state index contributed by atoms with van der Waals surface area (Å²) in [7, 11) is 0. The van der Waals surface area contributed by atoms with Gasteiger partial charge in [-0.1, -0.05) is 0 Å². The molecule has 0 N–H and O–H groups in total. The third kappa shape index (κ3) is 1.96. The zero-order valence-corrected chi connectivity index (χ0v) is 5.86. The van der Waals surface area contributed by atoms with E-state index in [0.717, 1.165) is 31.6 Å². The van der Waals surface area contributed by atoms with E-state index < -0.39 is 6.17 Å². The van der Waals surface area contributed by atoms with Crippen LogP contribution in [-0.4, -0.2) is 6.17 Å². The zero-order valence-electron chi connectivity index (χ0n) is 5.86. The van der Waals surface area contributed by atoms with Crippen LogP contribution in [0.15, 0.2) is 0 Å². The van der Waals surface area contributed by atoms with Crippen molar-refractivity contribution < 1.29 is 4.39 Å².